The number of methoxy groups -OCH3 is 1. The number of ether oxygens (including phenoxy) is 1. The summed E-state index contributed by atoms with van der Waals surface area (Å²) in [5.41, 5.74) is 1.53. The van der Waals surface area contributed by atoms with Gasteiger partial charge < -0.3 is 14.9 Å². The summed E-state index contributed by atoms with van der Waals surface area (Å²) in [6.45, 7) is 6.01. The number of aliphatic hydroxyl groups excluding tert-OH is 1. The summed E-state index contributed by atoms with van der Waals surface area (Å²) in [7, 11) is 1.48. The van der Waals surface area contributed by atoms with E-state index in [-0.39, 0.29) is 17.8 Å². The topological polar surface area (TPSA) is 49.7 Å². The number of hydrogen-bond acceptors (Lipinski definition) is 3. The summed E-state index contributed by atoms with van der Waals surface area (Å²) < 4.78 is 5.02. The maximum atomic E-state index is 9.73. The van der Waals surface area contributed by atoms with E-state index in [4.69, 9.17) is 4.74 Å². The van der Waals surface area contributed by atoms with E-state index in [1.165, 1.54) is 7.11 Å². The van der Waals surface area contributed by atoms with Gasteiger partial charge in [0.1, 0.15) is 0 Å². The lowest BCUT2D eigenvalue weighted by atomic mass is 9.86. The molecule has 0 heterocycles. The van der Waals surface area contributed by atoms with Gasteiger partial charge in [0.2, 0.25) is 0 Å². The molecule has 0 aliphatic heterocycles. The Kier molecular flexibility index (Phi) is 3.25. The maximum absolute atomic E-state index is 9.73. The highest BCUT2D eigenvalue weighted by atomic mass is 16.5. The number of aromatic hydroxyl groups is 1. The van der Waals surface area contributed by atoms with Gasteiger partial charge in [-0.3, -0.25) is 0 Å². The van der Waals surface area contributed by atoms with Crippen LogP contribution in [0.3, 0.4) is 0 Å². The fourth-order valence-electron chi connectivity index (χ4n) is 1.46. The van der Waals surface area contributed by atoms with Gasteiger partial charge >= 0.3 is 0 Å². The zero-order chi connectivity index (χ0) is 11.6. The highest BCUT2D eigenvalue weighted by Gasteiger charge is 2.18. The van der Waals surface area contributed by atoms with Crippen LogP contribution in [-0.2, 0) is 12.0 Å². The average Bonchev–Trinajstić information content (AvgIpc) is 2.15. The molecule has 3 heteroatoms. The standard InChI is InChI=1S/C12H18O3/c1-12(2,3)9-5-8(7-13)11(15-4)10(14)6-9/h5-6,13-14H,7H2,1-4H3. The van der Waals surface area contributed by atoms with Crippen molar-refractivity contribution >= 4 is 0 Å². The van der Waals surface area contributed by atoms with Crippen molar-refractivity contribution in [3.63, 3.8) is 0 Å². The molecule has 0 atom stereocenters. The molecule has 0 unspecified atom stereocenters. The molecule has 0 bridgehead atoms. The number of rotatable bonds is 2. The highest BCUT2D eigenvalue weighted by molar-refractivity contribution is 5.49. The Morgan fingerprint density at radius 2 is 1.87 bits per heavy atom. The Bertz CT molecular complexity index is 351. The van der Waals surface area contributed by atoms with Crippen molar-refractivity contribution < 1.29 is 14.9 Å². The number of phenols is 1. The van der Waals surface area contributed by atoms with Gasteiger partial charge in [-0.25, -0.2) is 0 Å². The van der Waals surface area contributed by atoms with Gasteiger partial charge in [0, 0.05) is 5.56 Å². The van der Waals surface area contributed by atoms with E-state index in [1.54, 1.807) is 6.07 Å². The van der Waals surface area contributed by atoms with Crippen molar-refractivity contribution in [2.75, 3.05) is 7.11 Å². The van der Waals surface area contributed by atoms with E-state index in [9.17, 15) is 10.2 Å². The summed E-state index contributed by atoms with van der Waals surface area (Å²) in [5.74, 6) is 0.430. The first kappa shape index (κ1) is 11.9. The molecular weight excluding hydrogens is 192 g/mol. The molecule has 0 saturated carbocycles. The minimum Gasteiger partial charge on any atom is -0.504 e. The highest BCUT2D eigenvalue weighted by Crippen LogP contribution is 2.35. The van der Waals surface area contributed by atoms with E-state index < -0.39 is 0 Å². The van der Waals surface area contributed by atoms with Crippen LogP contribution in [0.4, 0.5) is 0 Å². The molecule has 0 spiro atoms. The summed E-state index contributed by atoms with van der Waals surface area (Å²) in [4.78, 5) is 0. The fourth-order valence-corrected chi connectivity index (χ4v) is 1.46. The maximum Gasteiger partial charge on any atom is 0.165 e. The molecule has 3 nitrogen and oxygen atoms in total. The Balaban J connectivity index is 3.32. The molecule has 0 aliphatic carbocycles. The number of hydrogen-bond donors (Lipinski definition) is 2. The van der Waals surface area contributed by atoms with Crippen molar-refractivity contribution in [3.05, 3.63) is 23.3 Å². The van der Waals surface area contributed by atoms with Crippen LogP contribution in [0.1, 0.15) is 31.9 Å². The Hall–Kier alpha value is -1.22. The van der Waals surface area contributed by atoms with Gasteiger partial charge in [0.05, 0.1) is 13.7 Å². The minimum absolute atomic E-state index is 0.0618. The lowest BCUT2D eigenvalue weighted by molar-refractivity contribution is 0.270. The van der Waals surface area contributed by atoms with Gasteiger partial charge in [-0.1, -0.05) is 20.8 Å². The first-order valence-corrected chi connectivity index (χ1v) is 4.91. The monoisotopic (exact) mass is 210 g/mol. The molecular formula is C12H18O3. The predicted molar refractivity (Wildman–Crippen MR) is 59.3 cm³/mol. The average molecular weight is 210 g/mol. The minimum atomic E-state index is -0.138. The molecule has 0 aromatic heterocycles. The van der Waals surface area contributed by atoms with Crippen molar-refractivity contribution in [3.8, 4) is 11.5 Å². The number of phenolic OH excluding ortho intramolecular Hbond substituents is 1. The smallest absolute Gasteiger partial charge is 0.165 e. The quantitative estimate of drug-likeness (QED) is 0.786. The molecule has 2 N–H and O–H groups in total. The lowest BCUT2D eigenvalue weighted by Gasteiger charge is -2.21. The van der Waals surface area contributed by atoms with Crippen molar-refractivity contribution in [2.24, 2.45) is 0 Å². The number of aliphatic hydroxyl groups is 1. The van der Waals surface area contributed by atoms with Gasteiger partial charge in [0.15, 0.2) is 11.5 Å². The Morgan fingerprint density at radius 1 is 1.27 bits per heavy atom. The second-order valence-corrected chi connectivity index (χ2v) is 4.60. The Morgan fingerprint density at radius 3 is 2.27 bits per heavy atom. The molecule has 84 valence electrons. The summed E-state index contributed by atoms with van der Waals surface area (Å²) in [6, 6.07) is 3.54. The zero-order valence-corrected chi connectivity index (χ0v) is 9.66. The van der Waals surface area contributed by atoms with Gasteiger partial charge in [-0.15, -0.1) is 0 Å². The first-order valence-electron chi connectivity index (χ1n) is 4.91. The second-order valence-electron chi connectivity index (χ2n) is 4.60. The SMILES string of the molecule is COc1c(O)cc(C(C)(C)C)cc1CO. The molecule has 1 rings (SSSR count). The third-order valence-corrected chi connectivity index (χ3v) is 2.39. The summed E-state index contributed by atoms with van der Waals surface area (Å²) in [6.07, 6.45) is 0. The Labute approximate surface area is 90.3 Å². The summed E-state index contributed by atoms with van der Waals surface area (Å²) in [5, 5.41) is 18.9. The van der Waals surface area contributed by atoms with Gasteiger partial charge in [-0.05, 0) is 23.1 Å². The molecule has 1 aromatic carbocycles. The molecule has 0 fully saturated rings. The van der Waals surface area contributed by atoms with E-state index in [0.29, 0.717) is 11.3 Å². The van der Waals surface area contributed by atoms with Crippen LogP contribution in [-0.4, -0.2) is 17.3 Å². The van der Waals surface area contributed by atoms with E-state index in [0.717, 1.165) is 5.56 Å². The second kappa shape index (κ2) is 4.11. The van der Waals surface area contributed by atoms with E-state index >= 15 is 0 Å². The first-order chi connectivity index (χ1) is 6.90. The van der Waals surface area contributed by atoms with Crippen LogP contribution in [0.15, 0.2) is 12.1 Å². The molecule has 15 heavy (non-hydrogen) atoms. The largest absolute Gasteiger partial charge is 0.504 e. The third kappa shape index (κ3) is 2.42. The molecule has 0 aliphatic rings. The molecule has 0 saturated heterocycles. The third-order valence-electron chi connectivity index (χ3n) is 2.39. The molecule has 0 radical (unpaired) electrons. The van der Waals surface area contributed by atoms with Crippen LogP contribution < -0.4 is 4.74 Å². The van der Waals surface area contributed by atoms with Crippen LogP contribution in [0.25, 0.3) is 0 Å². The van der Waals surface area contributed by atoms with Crippen LogP contribution in [0, 0.1) is 0 Å². The fraction of sp³-hybridized carbons (Fsp3) is 0.500. The molecule has 1 aromatic rings. The van der Waals surface area contributed by atoms with Crippen LogP contribution in [0.2, 0.25) is 0 Å². The van der Waals surface area contributed by atoms with Crippen molar-refractivity contribution in [1.29, 1.82) is 0 Å². The zero-order valence-electron chi connectivity index (χ0n) is 9.66. The van der Waals surface area contributed by atoms with Crippen molar-refractivity contribution in [2.45, 2.75) is 32.8 Å². The van der Waals surface area contributed by atoms with Crippen LogP contribution in [0.5, 0.6) is 11.5 Å². The van der Waals surface area contributed by atoms with E-state index in [1.807, 2.05) is 6.07 Å². The van der Waals surface area contributed by atoms with Gasteiger partial charge in [0.25, 0.3) is 0 Å². The molecule has 0 amide bonds. The number of benzene rings is 1. The van der Waals surface area contributed by atoms with Gasteiger partial charge in [-0.2, -0.15) is 0 Å². The van der Waals surface area contributed by atoms with Crippen LogP contribution >= 0.6 is 0 Å². The van der Waals surface area contributed by atoms with Crippen molar-refractivity contribution in [1.82, 2.24) is 0 Å². The predicted octanol–water partition coefficient (Wildman–Crippen LogP) is 2.19. The van der Waals surface area contributed by atoms with E-state index in [2.05, 4.69) is 20.8 Å². The summed E-state index contributed by atoms with van der Waals surface area (Å²) >= 11 is 0. The lowest BCUT2D eigenvalue weighted by Crippen LogP contribution is -2.11. The normalized spacial score (nSPS) is 11.5.